The van der Waals surface area contributed by atoms with Crippen molar-refractivity contribution in [3.63, 3.8) is 0 Å². The maximum Gasteiger partial charge on any atom is 0.229 e. The van der Waals surface area contributed by atoms with E-state index in [9.17, 15) is 8.42 Å². The Labute approximate surface area is 279 Å². The van der Waals surface area contributed by atoms with Gasteiger partial charge in [-0.2, -0.15) is 10.1 Å². The summed E-state index contributed by atoms with van der Waals surface area (Å²) in [6, 6.07) is 10.2. The number of aryl methyl sites for hydroxylation is 1. The minimum Gasteiger partial charge on any atom is -0.494 e. The summed E-state index contributed by atoms with van der Waals surface area (Å²) in [6.07, 6.45) is 5.65. The van der Waals surface area contributed by atoms with Crippen molar-refractivity contribution in [3.8, 4) is 5.75 Å². The van der Waals surface area contributed by atoms with Crippen LogP contribution in [0.1, 0.15) is 26.7 Å². The molecule has 0 radical (unpaired) electrons. The molecule has 12 nitrogen and oxygen atoms in total. The van der Waals surface area contributed by atoms with E-state index in [1.807, 2.05) is 6.07 Å². The van der Waals surface area contributed by atoms with Gasteiger partial charge in [-0.15, -0.1) is 0 Å². The van der Waals surface area contributed by atoms with Gasteiger partial charge in [0.15, 0.2) is 9.84 Å². The molecule has 246 valence electrons. The standard InChI is InChI=1S/C32H42BrN9O3S/c1-21(2)46(43,44)30-18-28-22(19-35-40(28)4)16-27(30)36-31-25(33)20-34-32(38-31)37-26-7-6-24(17-29(26)45-5)41-10-8-23(9-11-41)42-14-12-39(3)13-15-42/h6-7,16-21,23H,8-15H2,1-5H3,(H2,34,36,37,38). The van der Waals surface area contributed by atoms with Gasteiger partial charge in [-0.25, -0.2) is 13.4 Å². The minimum atomic E-state index is -3.62. The minimum absolute atomic E-state index is 0.184. The predicted octanol–water partition coefficient (Wildman–Crippen LogP) is 5.02. The third kappa shape index (κ3) is 6.66. The zero-order valence-corrected chi connectivity index (χ0v) is 29.4. The first-order valence-electron chi connectivity index (χ1n) is 15.7. The second-order valence-corrected chi connectivity index (χ2v) is 15.7. The molecule has 2 aliphatic heterocycles. The van der Waals surface area contributed by atoms with Crippen LogP contribution in [0.15, 0.2) is 52.1 Å². The average Bonchev–Trinajstić information content (AvgIpc) is 3.42. The number of benzene rings is 2. The Balaban J connectivity index is 1.20. The number of ether oxygens (including phenoxy) is 1. The number of aromatic nitrogens is 4. The molecule has 0 spiro atoms. The number of methoxy groups -OCH3 is 1. The molecule has 2 fully saturated rings. The first kappa shape index (κ1) is 32.5. The van der Waals surface area contributed by atoms with Crippen LogP contribution in [0.4, 0.5) is 28.8 Å². The molecule has 0 unspecified atom stereocenters. The summed E-state index contributed by atoms with van der Waals surface area (Å²) < 4.78 is 34.8. The van der Waals surface area contributed by atoms with Crippen molar-refractivity contribution in [2.75, 3.05) is 69.0 Å². The van der Waals surface area contributed by atoms with Crippen LogP contribution in [0.2, 0.25) is 0 Å². The predicted molar refractivity (Wildman–Crippen MR) is 187 cm³/mol. The van der Waals surface area contributed by atoms with Crippen molar-refractivity contribution >= 4 is 65.5 Å². The molecule has 0 saturated carbocycles. The van der Waals surface area contributed by atoms with Crippen LogP contribution in [0.3, 0.4) is 0 Å². The van der Waals surface area contributed by atoms with Gasteiger partial charge < -0.3 is 25.2 Å². The molecule has 0 atom stereocenters. The van der Waals surface area contributed by atoms with Crippen molar-refractivity contribution in [2.24, 2.45) is 7.05 Å². The van der Waals surface area contributed by atoms with Gasteiger partial charge in [-0.1, -0.05) is 0 Å². The fourth-order valence-electron chi connectivity index (χ4n) is 6.19. The molecule has 0 bridgehead atoms. The number of hydrogen-bond donors (Lipinski definition) is 2. The number of sulfone groups is 1. The van der Waals surface area contributed by atoms with Crippen molar-refractivity contribution < 1.29 is 13.2 Å². The summed E-state index contributed by atoms with van der Waals surface area (Å²) in [5.41, 5.74) is 3.00. The van der Waals surface area contributed by atoms with E-state index in [1.54, 1.807) is 57.2 Å². The topological polar surface area (TPSA) is 121 Å². The molecule has 2 aromatic heterocycles. The monoisotopic (exact) mass is 711 g/mol. The molecule has 2 aromatic carbocycles. The zero-order valence-electron chi connectivity index (χ0n) is 27.0. The van der Waals surface area contributed by atoms with Gasteiger partial charge in [0, 0.05) is 75.7 Å². The SMILES string of the molecule is COc1cc(N2CCC(N3CCN(C)CC3)CC2)ccc1Nc1ncc(Br)c(Nc2cc3cnn(C)c3cc2S(=O)(=O)C(C)C)n1. The Morgan fingerprint density at radius 2 is 1.70 bits per heavy atom. The van der Waals surface area contributed by atoms with E-state index in [-0.39, 0.29) is 4.90 Å². The number of halogens is 1. The number of likely N-dealkylation sites (N-methyl/N-ethyl adjacent to an activating group) is 1. The van der Waals surface area contributed by atoms with Gasteiger partial charge in [0.05, 0.1) is 44.8 Å². The Bertz CT molecular complexity index is 1820. The number of hydrogen-bond acceptors (Lipinski definition) is 11. The molecular weight excluding hydrogens is 670 g/mol. The molecule has 2 saturated heterocycles. The molecule has 14 heteroatoms. The molecule has 2 N–H and O–H groups in total. The van der Waals surface area contributed by atoms with Gasteiger partial charge in [-0.3, -0.25) is 9.58 Å². The Morgan fingerprint density at radius 1 is 0.957 bits per heavy atom. The van der Waals surface area contributed by atoms with Gasteiger partial charge in [0.2, 0.25) is 5.95 Å². The van der Waals surface area contributed by atoms with Crippen molar-refractivity contribution in [1.82, 2.24) is 29.5 Å². The molecule has 0 aliphatic carbocycles. The lowest BCUT2D eigenvalue weighted by molar-refractivity contribution is 0.0982. The van der Waals surface area contributed by atoms with Crippen molar-refractivity contribution in [2.45, 2.75) is 42.9 Å². The highest BCUT2D eigenvalue weighted by molar-refractivity contribution is 9.10. The fraction of sp³-hybridized carbons (Fsp3) is 0.469. The molecule has 4 aromatic rings. The van der Waals surface area contributed by atoms with Crippen molar-refractivity contribution in [1.29, 1.82) is 0 Å². The maximum atomic E-state index is 13.4. The third-order valence-corrected chi connectivity index (χ3v) is 11.9. The molecule has 6 rings (SSSR count). The first-order chi connectivity index (χ1) is 22.0. The smallest absolute Gasteiger partial charge is 0.229 e. The summed E-state index contributed by atoms with van der Waals surface area (Å²) in [5, 5.41) is 11.0. The summed E-state index contributed by atoms with van der Waals surface area (Å²) >= 11 is 3.53. The van der Waals surface area contributed by atoms with E-state index in [0.29, 0.717) is 33.7 Å². The number of fused-ring (bicyclic) bond motifs is 1. The van der Waals surface area contributed by atoms with E-state index in [0.717, 1.165) is 74.4 Å². The molecule has 2 aliphatic rings. The highest BCUT2D eigenvalue weighted by Gasteiger charge is 2.28. The first-order valence-corrected chi connectivity index (χ1v) is 18.0. The van der Waals surface area contributed by atoms with Crippen LogP contribution in [-0.4, -0.2) is 103 Å². The molecule has 0 amide bonds. The lowest BCUT2D eigenvalue weighted by atomic mass is 10.0. The Morgan fingerprint density at radius 3 is 2.39 bits per heavy atom. The van der Waals surface area contributed by atoms with Crippen LogP contribution < -0.4 is 20.3 Å². The van der Waals surface area contributed by atoms with Crippen LogP contribution in [0, 0.1) is 0 Å². The number of piperazine rings is 1. The fourth-order valence-corrected chi connectivity index (χ4v) is 7.68. The van der Waals surface area contributed by atoms with Crippen LogP contribution in [0.25, 0.3) is 10.9 Å². The second kappa shape index (κ2) is 13.3. The maximum absolute atomic E-state index is 13.4. The van der Waals surface area contributed by atoms with Gasteiger partial charge in [0.25, 0.3) is 0 Å². The summed E-state index contributed by atoms with van der Waals surface area (Å²) in [4.78, 5) is 16.8. The van der Waals surface area contributed by atoms with E-state index >= 15 is 0 Å². The normalized spacial score (nSPS) is 17.2. The molecule has 46 heavy (non-hydrogen) atoms. The zero-order chi connectivity index (χ0) is 32.6. The highest BCUT2D eigenvalue weighted by Crippen LogP contribution is 2.36. The number of nitrogens with zero attached hydrogens (tertiary/aromatic N) is 7. The van der Waals surface area contributed by atoms with Crippen LogP contribution >= 0.6 is 15.9 Å². The number of anilines is 5. The van der Waals surface area contributed by atoms with Crippen LogP contribution in [-0.2, 0) is 16.9 Å². The lowest BCUT2D eigenvalue weighted by Crippen LogP contribution is -2.52. The van der Waals surface area contributed by atoms with Crippen molar-refractivity contribution in [3.05, 3.63) is 47.2 Å². The molecular formula is C32H42BrN9O3S. The number of rotatable bonds is 9. The number of nitrogens with one attached hydrogen (secondary N) is 2. The van der Waals surface area contributed by atoms with Gasteiger partial charge >= 0.3 is 0 Å². The van der Waals surface area contributed by atoms with Gasteiger partial charge in [-0.05, 0) is 73.9 Å². The molecule has 4 heterocycles. The van der Waals surface area contributed by atoms with E-state index < -0.39 is 15.1 Å². The number of piperidine rings is 1. The van der Waals surface area contributed by atoms with Gasteiger partial charge in [0.1, 0.15) is 11.6 Å². The highest BCUT2D eigenvalue weighted by atomic mass is 79.9. The summed E-state index contributed by atoms with van der Waals surface area (Å²) in [5.74, 6) is 1.44. The lowest BCUT2D eigenvalue weighted by Gasteiger charge is -2.42. The second-order valence-electron chi connectivity index (χ2n) is 12.4. The summed E-state index contributed by atoms with van der Waals surface area (Å²) in [6.45, 7) is 9.97. The van der Waals surface area contributed by atoms with E-state index in [2.05, 4.69) is 70.5 Å². The van der Waals surface area contributed by atoms with E-state index in [4.69, 9.17) is 9.72 Å². The third-order valence-electron chi connectivity index (χ3n) is 9.09. The average molecular weight is 713 g/mol. The Kier molecular flexibility index (Phi) is 9.42. The Hall–Kier alpha value is -3.46. The largest absolute Gasteiger partial charge is 0.494 e. The summed E-state index contributed by atoms with van der Waals surface area (Å²) in [7, 11) is 2.03. The van der Waals surface area contributed by atoms with Crippen LogP contribution in [0.5, 0.6) is 5.75 Å². The van der Waals surface area contributed by atoms with E-state index in [1.165, 1.54) is 0 Å². The quantitative estimate of drug-likeness (QED) is 0.244.